The third kappa shape index (κ3) is 1.93. The van der Waals surface area contributed by atoms with Crippen molar-refractivity contribution in [3.8, 4) is 0 Å². The first-order chi connectivity index (χ1) is 10.2. The second-order valence-corrected chi connectivity index (χ2v) is 7.41. The minimum atomic E-state index is 0.345. The molecule has 0 aliphatic heterocycles. The lowest BCUT2D eigenvalue weighted by molar-refractivity contribution is -0.120. The molecule has 1 aromatic rings. The van der Waals surface area contributed by atoms with Gasteiger partial charge in [0.1, 0.15) is 5.78 Å². The van der Waals surface area contributed by atoms with Crippen LogP contribution in [0, 0.1) is 29.6 Å². The number of aromatic nitrogens is 2. The molecule has 4 rings (SSSR count). The average molecular weight is 307 g/mol. The third-order valence-corrected chi connectivity index (χ3v) is 6.58. The summed E-state index contributed by atoms with van der Waals surface area (Å²) < 4.78 is 1.92. The van der Waals surface area contributed by atoms with Crippen molar-refractivity contribution in [2.45, 2.75) is 52.5 Å². The maximum Gasteiger partial charge on any atom is 0.142 e. The van der Waals surface area contributed by atoms with Gasteiger partial charge >= 0.3 is 0 Å². The van der Waals surface area contributed by atoms with E-state index in [-0.39, 0.29) is 0 Å². The predicted octanol–water partition coefficient (Wildman–Crippen LogP) is 3.52. The van der Waals surface area contributed by atoms with Gasteiger partial charge < -0.3 is 0 Å². The molecule has 2 bridgehead atoms. The highest BCUT2D eigenvalue weighted by atomic mass is 35.5. The smallest absolute Gasteiger partial charge is 0.142 e. The van der Waals surface area contributed by atoms with Gasteiger partial charge in [-0.25, -0.2) is 0 Å². The lowest BCUT2D eigenvalue weighted by atomic mass is 9.97. The minimum Gasteiger partial charge on any atom is -0.299 e. The van der Waals surface area contributed by atoms with Crippen molar-refractivity contribution in [1.29, 1.82) is 0 Å². The van der Waals surface area contributed by atoms with Gasteiger partial charge in [-0.1, -0.05) is 18.5 Å². The first kappa shape index (κ1) is 13.8. The van der Waals surface area contributed by atoms with Crippen LogP contribution in [0.3, 0.4) is 0 Å². The Kier molecular flexibility index (Phi) is 3.18. The first-order valence-corrected chi connectivity index (χ1v) is 8.80. The van der Waals surface area contributed by atoms with Gasteiger partial charge in [0.05, 0.1) is 22.8 Å². The van der Waals surface area contributed by atoms with Crippen LogP contribution in [0.25, 0.3) is 0 Å². The molecule has 0 amide bonds. The summed E-state index contributed by atoms with van der Waals surface area (Å²) >= 11 is 6.43. The second kappa shape index (κ2) is 4.84. The Morgan fingerprint density at radius 2 is 1.95 bits per heavy atom. The molecule has 4 unspecified atom stereocenters. The van der Waals surface area contributed by atoms with Crippen LogP contribution in [-0.4, -0.2) is 15.6 Å². The van der Waals surface area contributed by atoms with E-state index in [1.165, 1.54) is 19.3 Å². The molecule has 3 aliphatic carbocycles. The Morgan fingerprint density at radius 3 is 2.52 bits per heavy atom. The fourth-order valence-corrected chi connectivity index (χ4v) is 5.56. The van der Waals surface area contributed by atoms with Gasteiger partial charge in [-0.15, -0.1) is 0 Å². The van der Waals surface area contributed by atoms with Gasteiger partial charge in [0.15, 0.2) is 0 Å². The Labute approximate surface area is 131 Å². The third-order valence-electron chi connectivity index (χ3n) is 6.14. The van der Waals surface area contributed by atoms with E-state index in [0.717, 1.165) is 53.0 Å². The summed E-state index contributed by atoms with van der Waals surface area (Å²) in [5, 5.41) is 5.25. The van der Waals surface area contributed by atoms with Crippen molar-refractivity contribution in [3.05, 3.63) is 16.4 Å². The fourth-order valence-electron chi connectivity index (χ4n) is 5.22. The van der Waals surface area contributed by atoms with Crippen LogP contribution in [0.1, 0.15) is 44.5 Å². The Bertz CT molecular complexity index is 578. The van der Waals surface area contributed by atoms with Crippen LogP contribution in [0.15, 0.2) is 0 Å². The summed E-state index contributed by atoms with van der Waals surface area (Å²) in [6, 6.07) is 0. The molecule has 1 heterocycles. The van der Waals surface area contributed by atoms with Crippen molar-refractivity contribution in [2.24, 2.45) is 29.6 Å². The molecule has 0 aromatic carbocycles. The van der Waals surface area contributed by atoms with Gasteiger partial charge in [0.25, 0.3) is 0 Å². The van der Waals surface area contributed by atoms with Crippen molar-refractivity contribution in [1.82, 2.24) is 9.78 Å². The summed E-state index contributed by atoms with van der Waals surface area (Å²) in [5.74, 6) is 3.91. The Morgan fingerprint density at radius 1 is 1.29 bits per heavy atom. The molecular weight excluding hydrogens is 284 g/mol. The highest BCUT2D eigenvalue weighted by Crippen LogP contribution is 2.69. The van der Waals surface area contributed by atoms with E-state index in [4.69, 9.17) is 11.6 Å². The average Bonchev–Trinajstić information content (AvgIpc) is 2.78. The van der Waals surface area contributed by atoms with Crippen molar-refractivity contribution in [2.75, 3.05) is 0 Å². The first-order valence-electron chi connectivity index (χ1n) is 8.42. The summed E-state index contributed by atoms with van der Waals surface area (Å²) in [5.41, 5.74) is 1.87. The fraction of sp³-hybridized carbons (Fsp3) is 0.765. The van der Waals surface area contributed by atoms with Crippen LogP contribution < -0.4 is 0 Å². The zero-order valence-electron chi connectivity index (χ0n) is 12.8. The Hall–Kier alpha value is -0.830. The van der Waals surface area contributed by atoms with Gasteiger partial charge in [0.2, 0.25) is 0 Å². The molecule has 4 heteroatoms. The number of nitrogens with zero attached hydrogens (tertiary/aromatic N) is 2. The standard InChI is InChI=1S/C17H23ClN2O/c1-3-11-17(18)12(20(4-2)19-11)8-13(21)16-14-9-5-6-10(7-9)15(14)16/h9-10,14-16H,3-8H2,1-2H3. The molecular formula is C17H23ClN2O. The molecule has 114 valence electrons. The molecule has 3 fully saturated rings. The molecule has 4 atom stereocenters. The zero-order valence-corrected chi connectivity index (χ0v) is 13.6. The number of carbonyl (C=O) groups excluding carboxylic acids is 1. The molecule has 3 nitrogen and oxygen atoms in total. The molecule has 1 aromatic heterocycles. The van der Waals surface area contributed by atoms with Gasteiger partial charge in [-0.2, -0.15) is 5.10 Å². The molecule has 0 N–H and O–H groups in total. The number of aryl methyl sites for hydroxylation is 2. The number of rotatable bonds is 5. The quantitative estimate of drug-likeness (QED) is 0.834. The number of hydrogen-bond donors (Lipinski definition) is 0. The maximum absolute atomic E-state index is 12.7. The molecule has 0 saturated heterocycles. The highest BCUT2D eigenvalue weighted by Gasteiger charge is 2.66. The van der Waals surface area contributed by atoms with Crippen LogP contribution in [0.4, 0.5) is 0 Å². The van der Waals surface area contributed by atoms with Crippen LogP contribution in [-0.2, 0) is 24.2 Å². The topological polar surface area (TPSA) is 34.9 Å². The molecule has 0 spiro atoms. The van der Waals surface area contributed by atoms with E-state index < -0.39 is 0 Å². The molecule has 3 saturated carbocycles. The van der Waals surface area contributed by atoms with Gasteiger partial charge in [-0.3, -0.25) is 9.48 Å². The SMILES string of the molecule is CCc1nn(CC)c(CC(=O)C2C3C4CCC(C4)C23)c1Cl. The van der Waals surface area contributed by atoms with Crippen molar-refractivity contribution >= 4 is 17.4 Å². The highest BCUT2D eigenvalue weighted by molar-refractivity contribution is 6.32. The number of carbonyl (C=O) groups is 1. The predicted molar refractivity (Wildman–Crippen MR) is 82.3 cm³/mol. The van der Waals surface area contributed by atoms with E-state index in [1.54, 1.807) is 0 Å². The van der Waals surface area contributed by atoms with Crippen molar-refractivity contribution < 1.29 is 4.79 Å². The number of fused-ring (bicyclic) bond motifs is 5. The Balaban J connectivity index is 1.52. The molecule has 21 heavy (non-hydrogen) atoms. The number of ketones is 1. The van der Waals surface area contributed by atoms with Crippen LogP contribution in [0.2, 0.25) is 5.02 Å². The maximum atomic E-state index is 12.7. The van der Waals surface area contributed by atoms with Crippen LogP contribution >= 0.6 is 11.6 Å². The molecule has 0 radical (unpaired) electrons. The van der Waals surface area contributed by atoms with E-state index in [2.05, 4.69) is 18.9 Å². The van der Waals surface area contributed by atoms with E-state index >= 15 is 0 Å². The monoisotopic (exact) mass is 306 g/mol. The van der Waals surface area contributed by atoms with Gasteiger partial charge in [0, 0.05) is 12.5 Å². The van der Waals surface area contributed by atoms with Crippen LogP contribution in [0.5, 0.6) is 0 Å². The number of hydrogen-bond acceptors (Lipinski definition) is 2. The van der Waals surface area contributed by atoms with Gasteiger partial charge in [-0.05, 0) is 56.3 Å². The van der Waals surface area contributed by atoms with E-state index in [1.807, 2.05) is 4.68 Å². The summed E-state index contributed by atoms with van der Waals surface area (Å²) in [6.45, 7) is 4.90. The summed E-state index contributed by atoms with van der Waals surface area (Å²) in [4.78, 5) is 12.7. The van der Waals surface area contributed by atoms with E-state index in [9.17, 15) is 4.79 Å². The zero-order chi connectivity index (χ0) is 14.7. The number of Topliss-reactive ketones (excluding diaryl/α,β-unsaturated/α-hetero) is 1. The van der Waals surface area contributed by atoms with Crippen molar-refractivity contribution in [3.63, 3.8) is 0 Å². The minimum absolute atomic E-state index is 0.345. The second-order valence-electron chi connectivity index (χ2n) is 7.03. The molecule has 3 aliphatic rings. The summed E-state index contributed by atoms with van der Waals surface area (Å²) in [6.07, 6.45) is 5.43. The lowest BCUT2D eigenvalue weighted by Crippen LogP contribution is -2.15. The number of halogens is 1. The lowest BCUT2D eigenvalue weighted by Gasteiger charge is -2.09. The van der Waals surface area contributed by atoms with E-state index in [0.29, 0.717) is 18.1 Å². The normalized spacial score (nSPS) is 36.0. The largest absolute Gasteiger partial charge is 0.299 e. The summed E-state index contributed by atoms with van der Waals surface area (Å²) in [7, 11) is 0.